The lowest BCUT2D eigenvalue weighted by Gasteiger charge is -2.02. The van der Waals surface area contributed by atoms with Crippen molar-refractivity contribution in [1.82, 2.24) is 4.98 Å². The van der Waals surface area contributed by atoms with Crippen LogP contribution in [-0.2, 0) is 0 Å². The standard InChI is InChI=1S/C12H10N2O3S/c1-7(15)8-2-4-9(5-3-8)13-12-14-10(6-18-12)11(16)17/h2-6H,1H3,(H,13,14)(H,16,17). The lowest BCUT2D eigenvalue weighted by atomic mass is 10.1. The van der Waals surface area contributed by atoms with Gasteiger partial charge in [0.1, 0.15) is 0 Å². The van der Waals surface area contributed by atoms with Crippen LogP contribution in [0.5, 0.6) is 0 Å². The predicted octanol–water partition coefficient (Wildman–Crippen LogP) is 2.79. The zero-order valence-corrected chi connectivity index (χ0v) is 10.3. The van der Waals surface area contributed by atoms with Crippen LogP contribution in [0.2, 0.25) is 0 Å². The third kappa shape index (κ3) is 2.72. The Morgan fingerprint density at radius 2 is 1.94 bits per heavy atom. The quantitative estimate of drug-likeness (QED) is 0.828. The summed E-state index contributed by atoms with van der Waals surface area (Å²) in [7, 11) is 0. The number of hydrogen-bond donors (Lipinski definition) is 2. The summed E-state index contributed by atoms with van der Waals surface area (Å²) in [5, 5.41) is 13.7. The minimum absolute atomic E-state index is 0.00367. The number of thiazole rings is 1. The number of ketones is 1. The number of benzene rings is 1. The number of Topliss-reactive ketones (excluding diaryl/α,β-unsaturated/α-hetero) is 1. The van der Waals surface area contributed by atoms with E-state index in [4.69, 9.17) is 5.11 Å². The molecule has 0 saturated heterocycles. The summed E-state index contributed by atoms with van der Waals surface area (Å²) in [6.45, 7) is 1.50. The zero-order valence-electron chi connectivity index (χ0n) is 9.51. The van der Waals surface area contributed by atoms with Gasteiger partial charge in [-0.1, -0.05) is 0 Å². The highest BCUT2D eigenvalue weighted by Crippen LogP contribution is 2.21. The maximum Gasteiger partial charge on any atom is 0.355 e. The summed E-state index contributed by atoms with van der Waals surface area (Å²) >= 11 is 1.21. The van der Waals surface area contributed by atoms with Gasteiger partial charge in [0, 0.05) is 16.6 Å². The molecular formula is C12H10N2O3S. The van der Waals surface area contributed by atoms with Crippen molar-refractivity contribution in [3.8, 4) is 0 Å². The minimum Gasteiger partial charge on any atom is -0.476 e. The van der Waals surface area contributed by atoms with Crippen LogP contribution in [0, 0.1) is 0 Å². The first-order chi connectivity index (χ1) is 8.56. The monoisotopic (exact) mass is 262 g/mol. The molecule has 0 spiro atoms. The number of aromatic nitrogens is 1. The van der Waals surface area contributed by atoms with E-state index >= 15 is 0 Å². The van der Waals surface area contributed by atoms with Crippen molar-refractivity contribution in [1.29, 1.82) is 0 Å². The highest BCUT2D eigenvalue weighted by Gasteiger charge is 2.08. The third-order valence-corrected chi connectivity index (χ3v) is 3.02. The smallest absolute Gasteiger partial charge is 0.355 e. The van der Waals surface area contributed by atoms with E-state index in [1.807, 2.05) is 0 Å². The van der Waals surface area contributed by atoms with Crippen LogP contribution in [0.25, 0.3) is 0 Å². The molecule has 0 radical (unpaired) electrons. The molecule has 0 atom stereocenters. The number of nitrogens with zero attached hydrogens (tertiary/aromatic N) is 1. The minimum atomic E-state index is -1.05. The van der Waals surface area contributed by atoms with Crippen molar-refractivity contribution in [3.05, 3.63) is 40.9 Å². The van der Waals surface area contributed by atoms with Gasteiger partial charge in [0.2, 0.25) is 0 Å². The SMILES string of the molecule is CC(=O)c1ccc(Nc2nc(C(=O)O)cs2)cc1. The van der Waals surface area contributed by atoms with E-state index in [-0.39, 0.29) is 11.5 Å². The zero-order chi connectivity index (χ0) is 13.1. The number of carboxylic acids is 1. The molecule has 0 aliphatic heterocycles. The summed E-state index contributed by atoms with van der Waals surface area (Å²) < 4.78 is 0. The van der Waals surface area contributed by atoms with E-state index in [0.717, 1.165) is 5.69 Å². The predicted molar refractivity (Wildman–Crippen MR) is 68.8 cm³/mol. The molecule has 0 aliphatic carbocycles. The van der Waals surface area contributed by atoms with E-state index < -0.39 is 5.97 Å². The normalized spacial score (nSPS) is 10.1. The lowest BCUT2D eigenvalue weighted by Crippen LogP contribution is -1.97. The number of anilines is 2. The summed E-state index contributed by atoms with van der Waals surface area (Å²) in [5.74, 6) is -1.05. The fourth-order valence-electron chi connectivity index (χ4n) is 1.34. The second-order valence-electron chi connectivity index (χ2n) is 3.60. The molecule has 92 valence electrons. The Kier molecular flexibility index (Phi) is 3.38. The molecule has 1 heterocycles. The van der Waals surface area contributed by atoms with Gasteiger partial charge in [0.15, 0.2) is 16.6 Å². The van der Waals surface area contributed by atoms with Gasteiger partial charge < -0.3 is 10.4 Å². The van der Waals surface area contributed by atoms with E-state index in [0.29, 0.717) is 10.7 Å². The Balaban J connectivity index is 2.13. The molecule has 0 saturated carbocycles. The second kappa shape index (κ2) is 4.97. The molecule has 0 amide bonds. The highest BCUT2D eigenvalue weighted by atomic mass is 32.1. The average molecular weight is 262 g/mol. The number of carbonyl (C=O) groups is 2. The molecular weight excluding hydrogens is 252 g/mol. The molecule has 0 bridgehead atoms. The van der Waals surface area contributed by atoms with E-state index in [1.165, 1.54) is 23.6 Å². The number of aromatic carboxylic acids is 1. The summed E-state index contributed by atoms with van der Waals surface area (Å²) in [4.78, 5) is 25.7. The first-order valence-electron chi connectivity index (χ1n) is 5.13. The van der Waals surface area contributed by atoms with Crippen molar-refractivity contribution >= 4 is 33.9 Å². The lowest BCUT2D eigenvalue weighted by molar-refractivity contribution is 0.0691. The van der Waals surface area contributed by atoms with Gasteiger partial charge in [-0.15, -0.1) is 11.3 Å². The molecule has 1 aromatic carbocycles. The highest BCUT2D eigenvalue weighted by molar-refractivity contribution is 7.14. The molecule has 0 unspecified atom stereocenters. The number of carboxylic acid groups (broad SMARTS) is 1. The maximum absolute atomic E-state index is 11.1. The molecule has 2 N–H and O–H groups in total. The fourth-order valence-corrected chi connectivity index (χ4v) is 2.05. The molecule has 1 aromatic heterocycles. The molecule has 6 heteroatoms. The summed E-state index contributed by atoms with van der Waals surface area (Å²) in [5.41, 5.74) is 1.40. The number of hydrogen-bond acceptors (Lipinski definition) is 5. The maximum atomic E-state index is 11.1. The van der Waals surface area contributed by atoms with Crippen molar-refractivity contribution in [3.63, 3.8) is 0 Å². The molecule has 2 aromatic rings. The molecule has 0 fully saturated rings. The van der Waals surface area contributed by atoms with Gasteiger partial charge in [-0.3, -0.25) is 4.79 Å². The first kappa shape index (κ1) is 12.3. The molecule has 0 aliphatic rings. The van der Waals surface area contributed by atoms with Crippen molar-refractivity contribution in [2.45, 2.75) is 6.92 Å². The van der Waals surface area contributed by atoms with Gasteiger partial charge in [0.05, 0.1) is 0 Å². The van der Waals surface area contributed by atoms with Crippen LogP contribution < -0.4 is 5.32 Å². The summed E-state index contributed by atoms with van der Waals surface area (Å²) in [6.07, 6.45) is 0. The van der Waals surface area contributed by atoms with Gasteiger partial charge in [-0.2, -0.15) is 0 Å². The fraction of sp³-hybridized carbons (Fsp3) is 0.0833. The van der Waals surface area contributed by atoms with Crippen LogP contribution in [0.3, 0.4) is 0 Å². The van der Waals surface area contributed by atoms with Gasteiger partial charge in [-0.25, -0.2) is 9.78 Å². The van der Waals surface area contributed by atoms with Crippen LogP contribution >= 0.6 is 11.3 Å². The molecule has 18 heavy (non-hydrogen) atoms. The summed E-state index contributed by atoms with van der Waals surface area (Å²) in [6, 6.07) is 6.91. The number of nitrogens with one attached hydrogen (secondary N) is 1. The number of carbonyl (C=O) groups excluding carboxylic acids is 1. The van der Waals surface area contributed by atoms with Crippen LogP contribution in [0.4, 0.5) is 10.8 Å². The van der Waals surface area contributed by atoms with Crippen LogP contribution in [0.15, 0.2) is 29.6 Å². The Morgan fingerprint density at radius 1 is 1.28 bits per heavy atom. The van der Waals surface area contributed by atoms with Crippen LogP contribution in [-0.4, -0.2) is 21.8 Å². The third-order valence-electron chi connectivity index (χ3n) is 2.27. The van der Waals surface area contributed by atoms with Crippen LogP contribution in [0.1, 0.15) is 27.8 Å². The van der Waals surface area contributed by atoms with Gasteiger partial charge in [0.25, 0.3) is 0 Å². The average Bonchev–Trinajstić information content (AvgIpc) is 2.78. The molecule has 2 rings (SSSR count). The van der Waals surface area contributed by atoms with Crippen molar-refractivity contribution < 1.29 is 14.7 Å². The van der Waals surface area contributed by atoms with E-state index in [9.17, 15) is 9.59 Å². The van der Waals surface area contributed by atoms with Crippen molar-refractivity contribution in [2.75, 3.05) is 5.32 Å². The topological polar surface area (TPSA) is 79.3 Å². The van der Waals surface area contributed by atoms with E-state index in [2.05, 4.69) is 10.3 Å². The first-order valence-corrected chi connectivity index (χ1v) is 6.01. The van der Waals surface area contributed by atoms with Crippen molar-refractivity contribution in [2.24, 2.45) is 0 Å². The second-order valence-corrected chi connectivity index (χ2v) is 4.46. The van der Waals surface area contributed by atoms with Gasteiger partial charge >= 0.3 is 5.97 Å². The Hall–Kier alpha value is -2.21. The molecule has 5 nitrogen and oxygen atoms in total. The Morgan fingerprint density at radius 3 is 2.44 bits per heavy atom. The van der Waals surface area contributed by atoms with E-state index in [1.54, 1.807) is 24.3 Å². The Labute approximate surface area is 107 Å². The number of rotatable bonds is 4. The van der Waals surface area contributed by atoms with Gasteiger partial charge in [-0.05, 0) is 31.2 Å². The Bertz CT molecular complexity index is 590. The largest absolute Gasteiger partial charge is 0.476 e.